The lowest BCUT2D eigenvalue weighted by molar-refractivity contribution is -0.646. The summed E-state index contributed by atoms with van der Waals surface area (Å²) >= 11 is 1.27. The van der Waals surface area contributed by atoms with E-state index in [4.69, 9.17) is 0 Å². The number of pyridine rings is 1. The molecule has 0 radical (unpaired) electrons. The molecular formula is C22H30N4O6S2. The van der Waals surface area contributed by atoms with Crippen molar-refractivity contribution in [2.45, 2.75) is 56.3 Å². The molecule has 3 rings (SSSR count). The van der Waals surface area contributed by atoms with Gasteiger partial charge in [-0.3, -0.25) is 9.59 Å². The quantitative estimate of drug-likeness (QED) is 0.355. The van der Waals surface area contributed by atoms with Crippen LogP contribution >= 0.6 is 11.3 Å². The van der Waals surface area contributed by atoms with Gasteiger partial charge in [0.2, 0.25) is 5.91 Å². The number of nitrogens with zero attached hydrogens (tertiary/aromatic N) is 2. The lowest BCUT2D eigenvalue weighted by Gasteiger charge is -2.27. The molecule has 2 aromatic rings. The molecule has 186 valence electrons. The van der Waals surface area contributed by atoms with Crippen LogP contribution in [0.25, 0.3) is 0 Å². The van der Waals surface area contributed by atoms with E-state index in [1.165, 1.54) is 29.5 Å². The fraction of sp³-hybridized carbons (Fsp3) is 0.500. The molecule has 1 saturated heterocycles. The maximum Gasteiger partial charge on any atom is 0.323 e. The Hall–Kier alpha value is -2.54. The van der Waals surface area contributed by atoms with Crippen LogP contribution in [-0.4, -0.2) is 60.9 Å². The van der Waals surface area contributed by atoms with E-state index >= 15 is 0 Å². The van der Waals surface area contributed by atoms with Crippen LogP contribution < -0.4 is 15.4 Å². The number of hydrogen-bond acceptors (Lipinski definition) is 7. The van der Waals surface area contributed by atoms with Crippen molar-refractivity contribution >= 4 is 33.2 Å². The van der Waals surface area contributed by atoms with Crippen LogP contribution in [0.2, 0.25) is 0 Å². The maximum atomic E-state index is 13.0. The van der Waals surface area contributed by atoms with Crippen LogP contribution in [-0.2, 0) is 14.8 Å². The monoisotopic (exact) mass is 510 g/mol. The minimum Gasteiger partial charge on any atom is -0.618 e. The number of amides is 2. The largest absolute Gasteiger partial charge is 0.618 e. The molecule has 1 fully saturated rings. The Morgan fingerprint density at radius 2 is 2.06 bits per heavy atom. The summed E-state index contributed by atoms with van der Waals surface area (Å²) < 4.78 is 27.3. The molecule has 34 heavy (non-hydrogen) atoms. The highest BCUT2D eigenvalue weighted by Gasteiger charge is 2.37. The van der Waals surface area contributed by atoms with Gasteiger partial charge in [0, 0.05) is 25.2 Å². The zero-order chi connectivity index (χ0) is 24.9. The van der Waals surface area contributed by atoms with Gasteiger partial charge in [0.15, 0.2) is 6.20 Å². The third-order valence-electron chi connectivity index (χ3n) is 5.57. The van der Waals surface area contributed by atoms with E-state index in [9.17, 15) is 28.3 Å². The zero-order valence-electron chi connectivity index (χ0n) is 19.1. The maximum absolute atomic E-state index is 13.0. The Balaban J connectivity index is 1.69. The van der Waals surface area contributed by atoms with Crippen molar-refractivity contribution in [3.63, 3.8) is 0 Å². The predicted molar refractivity (Wildman–Crippen MR) is 126 cm³/mol. The van der Waals surface area contributed by atoms with E-state index in [2.05, 4.69) is 10.6 Å². The second kappa shape index (κ2) is 11.3. The number of rotatable bonds is 8. The summed E-state index contributed by atoms with van der Waals surface area (Å²) in [6.07, 6.45) is 1.05. The third kappa shape index (κ3) is 6.32. The number of thiophene rings is 1. The number of aliphatic hydroxyl groups is 1. The van der Waals surface area contributed by atoms with Crippen molar-refractivity contribution in [1.82, 2.24) is 14.9 Å². The van der Waals surface area contributed by atoms with Gasteiger partial charge in [0.1, 0.15) is 6.04 Å². The lowest BCUT2D eigenvalue weighted by Crippen LogP contribution is -2.54. The van der Waals surface area contributed by atoms with Gasteiger partial charge >= 0.3 is 15.0 Å². The van der Waals surface area contributed by atoms with Crippen molar-refractivity contribution in [2.24, 2.45) is 5.92 Å². The van der Waals surface area contributed by atoms with Gasteiger partial charge in [-0.1, -0.05) is 19.9 Å². The number of aliphatic hydroxyl groups excluding tert-OH is 1. The number of β-amino-alcohol motifs (C(OH)–C–C–N with tert-alkyl or cyclic N) is 1. The van der Waals surface area contributed by atoms with Gasteiger partial charge in [0.25, 0.3) is 5.91 Å². The van der Waals surface area contributed by atoms with Gasteiger partial charge < -0.3 is 20.9 Å². The molecule has 12 heteroatoms. The van der Waals surface area contributed by atoms with Gasteiger partial charge in [-0.2, -0.15) is 9.04 Å². The van der Waals surface area contributed by atoms with Crippen molar-refractivity contribution in [1.29, 1.82) is 0 Å². The van der Waals surface area contributed by atoms with Crippen LogP contribution in [0.1, 0.15) is 42.8 Å². The Morgan fingerprint density at radius 1 is 1.29 bits per heavy atom. The molecule has 0 aliphatic carbocycles. The zero-order valence-corrected chi connectivity index (χ0v) is 20.7. The SMILES string of the molecule is CC(C)CC(NC(=O)c1cccs1)C(=O)NC1CCCN(S(=O)(=O)c2cccc[n+]2[O-])C[C@@H]1O. The summed E-state index contributed by atoms with van der Waals surface area (Å²) in [4.78, 5) is 26.0. The highest BCUT2D eigenvalue weighted by Crippen LogP contribution is 2.19. The Labute approximate surface area is 203 Å². The van der Waals surface area contributed by atoms with Crippen molar-refractivity contribution in [3.8, 4) is 0 Å². The number of sulfonamides is 1. The van der Waals surface area contributed by atoms with E-state index in [-0.39, 0.29) is 29.6 Å². The minimum atomic E-state index is -4.12. The third-order valence-corrected chi connectivity index (χ3v) is 8.30. The molecule has 0 spiro atoms. The number of carbonyl (C=O) groups excluding carboxylic acids is 2. The summed E-state index contributed by atoms with van der Waals surface area (Å²) in [5.74, 6) is -0.647. The molecular weight excluding hydrogens is 480 g/mol. The fourth-order valence-electron chi connectivity index (χ4n) is 3.86. The Morgan fingerprint density at radius 3 is 2.71 bits per heavy atom. The number of nitrogens with one attached hydrogen (secondary N) is 2. The van der Waals surface area contributed by atoms with Gasteiger partial charge in [-0.05, 0) is 42.7 Å². The smallest absolute Gasteiger partial charge is 0.323 e. The number of carbonyl (C=O) groups is 2. The molecule has 0 bridgehead atoms. The number of aromatic nitrogens is 1. The molecule has 0 saturated carbocycles. The first-order valence-electron chi connectivity index (χ1n) is 11.1. The van der Waals surface area contributed by atoms with E-state index in [0.29, 0.717) is 24.1 Å². The molecule has 1 aliphatic rings. The first-order chi connectivity index (χ1) is 16.1. The van der Waals surface area contributed by atoms with E-state index in [1.54, 1.807) is 17.5 Å². The van der Waals surface area contributed by atoms with Gasteiger partial charge in [0.05, 0.1) is 17.0 Å². The van der Waals surface area contributed by atoms with Crippen LogP contribution in [0.3, 0.4) is 0 Å². The summed E-state index contributed by atoms with van der Waals surface area (Å²) in [6.45, 7) is 3.71. The first-order valence-corrected chi connectivity index (χ1v) is 13.4. The summed E-state index contributed by atoms with van der Waals surface area (Å²) in [5, 5.41) is 29.7. The molecule has 3 heterocycles. The molecule has 1 aliphatic heterocycles. The second-order valence-corrected chi connectivity index (χ2v) is 11.5. The highest BCUT2D eigenvalue weighted by atomic mass is 32.2. The fourth-order valence-corrected chi connectivity index (χ4v) is 6.01. The van der Waals surface area contributed by atoms with Crippen LogP contribution in [0.5, 0.6) is 0 Å². The van der Waals surface area contributed by atoms with Crippen molar-refractivity contribution in [3.05, 3.63) is 52.0 Å². The van der Waals surface area contributed by atoms with Crippen LogP contribution in [0.4, 0.5) is 0 Å². The average molecular weight is 511 g/mol. The van der Waals surface area contributed by atoms with Crippen LogP contribution in [0, 0.1) is 11.1 Å². The summed E-state index contributed by atoms with van der Waals surface area (Å²) in [7, 11) is -4.12. The Kier molecular flexibility index (Phi) is 8.63. The highest BCUT2D eigenvalue weighted by molar-refractivity contribution is 7.88. The van der Waals surface area contributed by atoms with Gasteiger partial charge in [-0.25, -0.2) is 8.42 Å². The molecule has 2 aromatic heterocycles. The van der Waals surface area contributed by atoms with E-state index in [1.807, 2.05) is 13.8 Å². The summed E-state index contributed by atoms with van der Waals surface area (Å²) in [5.41, 5.74) is 0. The van der Waals surface area contributed by atoms with E-state index in [0.717, 1.165) is 10.5 Å². The van der Waals surface area contributed by atoms with Gasteiger partial charge in [-0.15, -0.1) is 11.3 Å². The average Bonchev–Trinajstić information content (AvgIpc) is 3.25. The Bertz CT molecular complexity index is 1090. The molecule has 2 unspecified atom stereocenters. The lowest BCUT2D eigenvalue weighted by atomic mass is 10.0. The molecule has 3 atom stereocenters. The predicted octanol–water partition coefficient (Wildman–Crippen LogP) is 0.856. The second-order valence-electron chi connectivity index (χ2n) is 8.69. The molecule has 0 aromatic carbocycles. The standard InChI is InChI=1S/C22H30N4O6S2/c1-15(2)13-17(24-22(29)19-8-6-12-33-19)21(28)23-16-7-5-10-25(14-18(16)27)34(31,32)20-9-3-4-11-26(20)30/h3-4,6,8-9,11-12,15-18,27H,5,7,10,13-14H2,1-2H3,(H,23,28)(H,24,29)/t16?,17?,18-/m0/s1. The summed E-state index contributed by atoms with van der Waals surface area (Å²) in [6, 6.07) is 6.03. The molecule has 10 nitrogen and oxygen atoms in total. The van der Waals surface area contributed by atoms with Crippen LogP contribution in [0.15, 0.2) is 46.9 Å². The number of hydrogen-bond donors (Lipinski definition) is 3. The van der Waals surface area contributed by atoms with E-state index < -0.39 is 39.1 Å². The van der Waals surface area contributed by atoms with Crippen molar-refractivity contribution in [2.75, 3.05) is 13.1 Å². The molecule has 2 amide bonds. The first kappa shape index (κ1) is 26.1. The normalized spacial score (nSPS) is 20.5. The topological polar surface area (TPSA) is 143 Å². The minimum absolute atomic E-state index is 0.102. The molecule has 3 N–H and O–H groups in total. The van der Waals surface area contributed by atoms with Crippen molar-refractivity contribution < 1.29 is 27.8 Å².